The monoisotopic (exact) mass is 1250 g/mol. The van der Waals surface area contributed by atoms with Gasteiger partial charge in [0.1, 0.15) is 24.4 Å². The molecule has 2 aliphatic rings. The highest BCUT2D eigenvalue weighted by Gasteiger charge is 2.45. The van der Waals surface area contributed by atoms with E-state index in [1.54, 1.807) is 0 Å². The van der Waals surface area contributed by atoms with E-state index in [-0.39, 0.29) is 50.3 Å². The van der Waals surface area contributed by atoms with Crippen LogP contribution in [0.3, 0.4) is 0 Å². The van der Waals surface area contributed by atoms with E-state index in [0.717, 1.165) is 55.2 Å². The first-order valence-electron chi connectivity index (χ1n) is 33.8. The highest BCUT2D eigenvalue weighted by molar-refractivity contribution is 5.15. The maximum Gasteiger partial charge on any atom is 0.186 e. The van der Waals surface area contributed by atoms with Gasteiger partial charge in [-0.15, -0.1) is 0 Å². The zero-order valence-electron chi connectivity index (χ0n) is 54.2. The van der Waals surface area contributed by atoms with Crippen LogP contribution >= 0.6 is 0 Å². The number of benzene rings is 3. The Labute approximate surface area is 532 Å². The summed E-state index contributed by atoms with van der Waals surface area (Å²) in [6, 6.07) is 28.5. The number of unbranched alkanes of at least 4 members (excludes halogenated alkanes) is 20. The molecule has 2 saturated heterocycles. The molecule has 20 nitrogen and oxygen atoms in total. The van der Waals surface area contributed by atoms with Crippen molar-refractivity contribution >= 4 is 0 Å². The van der Waals surface area contributed by atoms with Crippen LogP contribution in [0.2, 0.25) is 0 Å². The summed E-state index contributed by atoms with van der Waals surface area (Å²) in [7, 11) is 0. The number of azide groups is 2. The van der Waals surface area contributed by atoms with E-state index in [9.17, 15) is 36.6 Å². The minimum atomic E-state index is -1.47. The minimum absolute atomic E-state index is 0.0115. The van der Waals surface area contributed by atoms with Crippen molar-refractivity contribution in [1.82, 2.24) is 0 Å². The molecule has 89 heavy (non-hydrogen) atoms. The first-order chi connectivity index (χ1) is 43.4. The van der Waals surface area contributed by atoms with Gasteiger partial charge in [0.25, 0.3) is 0 Å². The zero-order valence-corrected chi connectivity index (χ0v) is 54.2. The molecule has 2 heterocycles. The van der Waals surface area contributed by atoms with Gasteiger partial charge in [-0.25, -0.2) is 0 Å². The van der Waals surface area contributed by atoms with Crippen LogP contribution in [-0.4, -0.2) is 138 Å². The largest absolute Gasteiger partial charge is 0.390 e. The second-order valence-electron chi connectivity index (χ2n) is 24.6. The van der Waals surface area contributed by atoms with Gasteiger partial charge in [0.2, 0.25) is 0 Å². The lowest BCUT2D eigenvalue weighted by molar-refractivity contribution is -0.296. The van der Waals surface area contributed by atoms with Crippen molar-refractivity contribution in [3.63, 3.8) is 0 Å². The third-order valence-electron chi connectivity index (χ3n) is 17.4. The average molecular weight is 1250 g/mol. The molecule has 0 spiro atoms. The number of ether oxygens (including phenoxy) is 7. The van der Waals surface area contributed by atoms with E-state index in [1.165, 1.54) is 109 Å². The first-order valence-corrected chi connectivity index (χ1v) is 33.8. The standard InChI is InChI=1S/C46H66N6O5.C23H48N2O7/c1-4-5-6-7-8-9-10-11-12-13-23-30-42(53-32-38-24-17-14-18-25-38)45(55-34-40-28-21-16-22-29-40)41(50-52-48)35-56-46-37(3)36(2)44(43(57-46)31-49-51-47)54-33-39-26-19-15-20-27-39;1-2-3-4-5-6-7-8-9-10-11-12-13-17(26)19(27)16(25)15-31-23-22(30)21(29)20(28)18(14-24)32-23/h14-22,24-29,36-37,41-46H,4-13,23,30-35H2,1-3H3;16-23,26-30H,2-15,24-25H2,1H3/t36-,37?,41+,42-,43?,44-,45+,46-;16-,17+,18?,19-,20-,21-,22?,23+/m10/s1. The molecule has 0 saturated carbocycles. The SMILES string of the molecule is CCCCCCCCCCCCC[C@@H](O)[C@@H](O)[C@@H](N)CO[C@@H]1OC(CN)[C@H](O)[C@H](O)C1O.CCCCCCCCCCCCC[C@@H](OCc1ccccc1)[C@@H](OCc1ccccc1)[C@H](CO[C@@H]1OC(CN=[N+]=[N-])[C@H](OCc2ccccc2)[C@H](C)C1C)N=[N+]=[N-]. The van der Waals surface area contributed by atoms with E-state index in [4.69, 9.17) is 44.6 Å². The number of rotatable bonds is 47. The van der Waals surface area contributed by atoms with E-state index < -0.39 is 73.5 Å². The van der Waals surface area contributed by atoms with Gasteiger partial charge in [0.15, 0.2) is 12.6 Å². The highest BCUT2D eigenvalue weighted by Crippen LogP contribution is 2.35. The molecule has 0 radical (unpaired) electrons. The van der Waals surface area contributed by atoms with Crippen LogP contribution < -0.4 is 11.5 Å². The van der Waals surface area contributed by atoms with Crippen molar-refractivity contribution in [2.45, 2.75) is 287 Å². The molecule has 9 N–H and O–H groups in total. The fraction of sp³-hybridized carbons (Fsp3) is 0.739. The number of aliphatic hydroxyl groups excluding tert-OH is 5. The quantitative estimate of drug-likeness (QED) is 0.0120. The van der Waals surface area contributed by atoms with Gasteiger partial charge >= 0.3 is 0 Å². The number of aliphatic hydroxyl groups is 5. The molecule has 5 rings (SSSR count). The summed E-state index contributed by atoms with van der Waals surface area (Å²) < 4.78 is 43.6. The van der Waals surface area contributed by atoms with Crippen LogP contribution in [-0.2, 0) is 53.0 Å². The predicted molar refractivity (Wildman–Crippen MR) is 349 cm³/mol. The van der Waals surface area contributed by atoms with Crippen molar-refractivity contribution in [2.75, 3.05) is 26.3 Å². The molecule has 3 aromatic carbocycles. The molecule has 3 aromatic rings. The molecule has 2 fully saturated rings. The van der Waals surface area contributed by atoms with E-state index in [1.807, 2.05) is 78.9 Å². The van der Waals surface area contributed by atoms with Crippen molar-refractivity contribution in [3.8, 4) is 0 Å². The van der Waals surface area contributed by atoms with Gasteiger partial charge in [0.05, 0.1) is 88.3 Å². The van der Waals surface area contributed by atoms with Crippen molar-refractivity contribution in [2.24, 2.45) is 33.5 Å². The normalized spacial score (nSPS) is 23.8. The summed E-state index contributed by atoms with van der Waals surface area (Å²) in [6.07, 6.45) is 17.3. The molecule has 0 aromatic heterocycles. The molecule has 20 heteroatoms. The number of hydrogen-bond donors (Lipinski definition) is 7. The van der Waals surface area contributed by atoms with Gasteiger partial charge in [-0.1, -0.05) is 270 Å². The lowest BCUT2D eigenvalue weighted by Gasteiger charge is -2.44. The molecule has 502 valence electrons. The summed E-state index contributed by atoms with van der Waals surface area (Å²) in [6.45, 7) is 9.72. The zero-order chi connectivity index (χ0) is 64.3. The smallest absolute Gasteiger partial charge is 0.186 e. The number of nitrogens with two attached hydrogens (primary N) is 2. The van der Waals surface area contributed by atoms with Gasteiger partial charge in [-0.05, 0) is 46.5 Å². The van der Waals surface area contributed by atoms with Crippen molar-refractivity contribution in [1.29, 1.82) is 0 Å². The Hall–Kier alpha value is -4.28. The molecule has 4 unspecified atom stereocenters. The predicted octanol–water partition coefficient (Wildman–Crippen LogP) is 13.0. The first kappa shape index (κ1) is 77.2. The van der Waals surface area contributed by atoms with Crippen LogP contribution in [0.4, 0.5) is 0 Å². The van der Waals surface area contributed by atoms with E-state index in [2.05, 4.69) is 59.9 Å². The van der Waals surface area contributed by atoms with Gasteiger partial charge in [-0.2, -0.15) is 0 Å². The van der Waals surface area contributed by atoms with Gasteiger partial charge in [-0.3, -0.25) is 0 Å². The molecule has 16 atom stereocenters. The van der Waals surface area contributed by atoms with E-state index in [0.29, 0.717) is 26.2 Å². The third-order valence-corrected chi connectivity index (χ3v) is 17.4. The summed E-state index contributed by atoms with van der Waals surface area (Å²) in [5.74, 6) is -0.0672. The van der Waals surface area contributed by atoms with Crippen LogP contribution in [0.5, 0.6) is 0 Å². The Bertz CT molecular complexity index is 2290. The molecule has 0 aliphatic carbocycles. The van der Waals surface area contributed by atoms with Crippen molar-refractivity contribution in [3.05, 3.63) is 129 Å². The number of nitrogens with zero attached hydrogens (tertiary/aromatic N) is 6. The topological polar surface area (TPSA) is 315 Å². The van der Waals surface area contributed by atoms with Crippen LogP contribution in [0.1, 0.15) is 198 Å². The Kier molecular flexibility index (Phi) is 41.3. The number of hydrogen-bond acceptors (Lipinski definition) is 16. The fourth-order valence-corrected chi connectivity index (χ4v) is 11.6. The average Bonchev–Trinajstić information content (AvgIpc) is 1.67. The molecule has 2 aliphatic heterocycles. The Morgan fingerprint density at radius 3 is 1.48 bits per heavy atom. The van der Waals surface area contributed by atoms with Crippen molar-refractivity contribution < 1.29 is 58.7 Å². The Morgan fingerprint density at radius 1 is 0.528 bits per heavy atom. The van der Waals surface area contributed by atoms with Crippen LogP contribution in [0.15, 0.2) is 101 Å². The second-order valence-corrected chi connectivity index (χ2v) is 24.6. The summed E-state index contributed by atoms with van der Waals surface area (Å²) >= 11 is 0. The van der Waals surface area contributed by atoms with Gasteiger partial charge in [0, 0.05) is 22.3 Å². The maximum atomic E-state index is 10.3. The summed E-state index contributed by atoms with van der Waals surface area (Å²) in [5, 5.41) is 58.3. The van der Waals surface area contributed by atoms with Gasteiger partial charge < -0.3 is 70.2 Å². The second kappa shape index (κ2) is 47.6. The molecule has 0 bridgehead atoms. The lowest BCUT2D eigenvalue weighted by atomic mass is 9.84. The maximum absolute atomic E-state index is 10.3. The van der Waals surface area contributed by atoms with Crippen LogP contribution in [0.25, 0.3) is 20.9 Å². The molecule has 0 amide bonds. The third kappa shape index (κ3) is 30.4. The highest BCUT2D eigenvalue weighted by atomic mass is 16.7. The van der Waals surface area contributed by atoms with E-state index >= 15 is 0 Å². The Balaban J connectivity index is 0.000000448. The molecular weight excluding hydrogens is 1130 g/mol. The lowest BCUT2D eigenvalue weighted by Crippen LogP contribution is -2.60. The minimum Gasteiger partial charge on any atom is -0.390 e. The Morgan fingerprint density at radius 2 is 0.989 bits per heavy atom. The summed E-state index contributed by atoms with van der Waals surface area (Å²) in [5.41, 5.74) is 33.6. The fourth-order valence-electron chi connectivity index (χ4n) is 11.6. The summed E-state index contributed by atoms with van der Waals surface area (Å²) in [4.78, 5) is 6.29. The van der Waals surface area contributed by atoms with Crippen LogP contribution in [0, 0.1) is 11.8 Å². The molecular formula is C69H114N8O12.